The standard InChI is InChI=1S/C35H29ClN2/c1-23(37-21-33-29-15-7-3-11-25(29)19-26-12-4-8-16-30(26)33)35(36)24(2)38-22-34-31-17-9-5-13-27(31)20-28-14-6-10-18-32(28)34/h3-20,37H,21-22H2,1-2H3. The number of allylic oxidation sites excluding steroid dienone is 2. The SMILES string of the molecule is CC(=NCc1c2ccccc2cc2ccccc12)C(Cl)=C(C)NCc1c2ccccc2cc2ccccc12. The molecule has 6 aromatic carbocycles. The molecule has 0 aliphatic carbocycles. The van der Waals surface area contributed by atoms with E-state index in [9.17, 15) is 0 Å². The molecule has 1 N–H and O–H groups in total. The van der Waals surface area contributed by atoms with E-state index in [4.69, 9.17) is 16.6 Å². The van der Waals surface area contributed by atoms with Crippen molar-refractivity contribution in [1.82, 2.24) is 5.32 Å². The summed E-state index contributed by atoms with van der Waals surface area (Å²) in [5.74, 6) is 0. The Morgan fingerprint density at radius 3 is 1.45 bits per heavy atom. The van der Waals surface area contributed by atoms with Gasteiger partial charge < -0.3 is 5.32 Å². The molecule has 6 rings (SSSR count). The molecule has 0 radical (unpaired) electrons. The summed E-state index contributed by atoms with van der Waals surface area (Å²) < 4.78 is 0. The third-order valence-corrected chi connectivity index (χ3v) is 7.97. The van der Waals surface area contributed by atoms with Crippen LogP contribution < -0.4 is 5.32 Å². The van der Waals surface area contributed by atoms with Crippen LogP contribution in [0.2, 0.25) is 0 Å². The van der Waals surface area contributed by atoms with Gasteiger partial charge in [0.05, 0.1) is 17.3 Å². The van der Waals surface area contributed by atoms with E-state index in [1.54, 1.807) is 0 Å². The molecule has 0 unspecified atom stereocenters. The lowest BCUT2D eigenvalue weighted by atomic mass is 9.96. The Labute approximate surface area is 228 Å². The Kier molecular flexibility index (Phi) is 6.57. The lowest BCUT2D eigenvalue weighted by Gasteiger charge is -2.15. The summed E-state index contributed by atoms with van der Waals surface area (Å²) in [5.41, 5.74) is 4.26. The van der Waals surface area contributed by atoms with E-state index in [1.807, 2.05) is 13.8 Å². The largest absolute Gasteiger partial charge is 0.383 e. The Balaban J connectivity index is 1.31. The first-order chi connectivity index (χ1) is 18.6. The highest BCUT2D eigenvalue weighted by Crippen LogP contribution is 2.30. The molecular weight excluding hydrogens is 484 g/mol. The fraction of sp³-hybridized carbons (Fsp3) is 0.114. The summed E-state index contributed by atoms with van der Waals surface area (Å²) in [6.45, 7) is 5.28. The highest BCUT2D eigenvalue weighted by atomic mass is 35.5. The van der Waals surface area contributed by atoms with Gasteiger partial charge in [0.2, 0.25) is 0 Å². The second kappa shape index (κ2) is 10.3. The first-order valence-corrected chi connectivity index (χ1v) is 13.4. The molecule has 0 aromatic heterocycles. The van der Waals surface area contributed by atoms with Crippen molar-refractivity contribution in [3.05, 3.63) is 131 Å². The molecule has 0 heterocycles. The van der Waals surface area contributed by atoms with Crippen molar-refractivity contribution in [2.24, 2.45) is 4.99 Å². The molecule has 0 aliphatic heterocycles. The monoisotopic (exact) mass is 512 g/mol. The third kappa shape index (κ3) is 4.53. The van der Waals surface area contributed by atoms with Crippen LogP contribution in [-0.4, -0.2) is 5.71 Å². The van der Waals surface area contributed by atoms with Gasteiger partial charge in [-0.1, -0.05) is 109 Å². The Hall–Kier alpha value is -4.14. The summed E-state index contributed by atoms with van der Waals surface area (Å²) in [6, 6.07) is 38.7. The third-order valence-electron chi connectivity index (χ3n) is 7.42. The van der Waals surface area contributed by atoms with Crippen molar-refractivity contribution < 1.29 is 0 Å². The van der Waals surface area contributed by atoms with Crippen molar-refractivity contribution in [2.45, 2.75) is 26.9 Å². The summed E-state index contributed by atoms with van der Waals surface area (Å²) in [4.78, 5) is 4.96. The molecular formula is C35H29ClN2. The van der Waals surface area contributed by atoms with Gasteiger partial charge in [-0.25, -0.2) is 0 Å². The summed E-state index contributed by atoms with van der Waals surface area (Å²) >= 11 is 6.87. The van der Waals surface area contributed by atoms with Gasteiger partial charge in [-0.15, -0.1) is 0 Å². The molecule has 0 amide bonds. The van der Waals surface area contributed by atoms with E-state index in [-0.39, 0.29) is 0 Å². The number of aliphatic imine (C=N–C) groups is 1. The molecule has 3 heteroatoms. The molecule has 0 aliphatic rings. The van der Waals surface area contributed by atoms with Gasteiger partial charge in [-0.2, -0.15) is 0 Å². The zero-order valence-corrected chi connectivity index (χ0v) is 22.4. The normalized spacial score (nSPS) is 12.9. The van der Waals surface area contributed by atoms with Gasteiger partial charge in [0, 0.05) is 12.2 Å². The van der Waals surface area contributed by atoms with E-state index in [2.05, 4.69) is 115 Å². The van der Waals surface area contributed by atoms with Gasteiger partial charge in [-0.05, 0) is 80.2 Å². The van der Waals surface area contributed by atoms with Gasteiger partial charge >= 0.3 is 0 Å². The number of hydrogen-bond donors (Lipinski definition) is 1. The molecule has 6 aromatic rings. The van der Waals surface area contributed by atoms with Crippen LogP contribution in [0.5, 0.6) is 0 Å². The second-order valence-corrected chi connectivity index (χ2v) is 10.2. The fourth-order valence-corrected chi connectivity index (χ4v) is 5.54. The number of benzene rings is 6. The number of halogens is 1. The minimum absolute atomic E-state index is 0.575. The highest BCUT2D eigenvalue weighted by molar-refractivity contribution is 6.43. The van der Waals surface area contributed by atoms with Crippen LogP contribution in [0.25, 0.3) is 43.1 Å². The zero-order valence-electron chi connectivity index (χ0n) is 21.6. The number of hydrogen-bond acceptors (Lipinski definition) is 2. The molecule has 38 heavy (non-hydrogen) atoms. The topological polar surface area (TPSA) is 24.4 Å². The van der Waals surface area contributed by atoms with Crippen LogP contribution in [0.1, 0.15) is 25.0 Å². The molecule has 0 fully saturated rings. The summed E-state index contributed by atoms with van der Waals surface area (Å²) in [7, 11) is 0. The molecule has 2 nitrogen and oxygen atoms in total. The number of fused-ring (bicyclic) bond motifs is 4. The van der Waals surface area contributed by atoms with Gasteiger partial charge in [0.15, 0.2) is 0 Å². The fourth-order valence-electron chi connectivity index (χ4n) is 5.41. The van der Waals surface area contributed by atoms with Crippen LogP contribution in [0.3, 0.4) is 0 Å². The van der Waals surface area contributed by atoms with Crippen molar-refractivity contribution in [2.75, 3.05) is 0 Å². The molecule has 186 valence electrons. The van der Waals surface area contributed by atoms with Gasteiger partial charge in [0.25, 0.3) is 0 Å². The van der Waals surface area contributed by atoms with Crippen LogP contribution in [0.4, 0.5) is 0 Å². The predicted octanol–water partition coefficient (Wildman–Crippen LogP) is 9.52. The van der Waals surface area contributed by atoms with Crippen LogP contribution in [0, 0.1) is 0 Å². The van der Waals surface area contributed by atoms with Crippen LogP contribution in [-0.2, 0) is 13.1 Å². The minimum atomic E-state index is 0.575. The zero-order chi connectivity index (χ0) is 26.1. The van der Waals surface area contributed by atoms with Crippen molar-refractivity contribution in [3.63, 3.8) is 0 Å². The van der Waals surface area contributed by atoms with E-state index < -0.39 is 0 Å². The van der Waals surface area contributed by atoms with E-state index in [1.165, 1.54) is 54.2 Å². The second-order valence-electron chi connectivity index (χ2n) is 9.79. The Bertz CT molecular complexity index is 1770. The van der Waals surface area contributed by atoms with E-state index in [0.717, 1.165) is 11.4 Å². The number of rotatable bonds is 6. The molecule has 0 spiro atoms. The van der Waals surface area contributed by atoms with Crippen LogP contribution in [0.15, 0.2) is 125 Å². The molecule has 0 bridgehead atoms. The van der Waals surface area contributed by atoms with Crippen LogP contribution >= 0.6 is 11.6 Å². The first kappa shape index (κ1) is 24.2. The highest BCUT2D eigenvalue weighted by Gasteiger charge is 2.11. The van der Waals surface area contributed by atoms with Gasteiger partial charge in [-0.3, -0.25) is 4.99 Å². The number of nitrogens with one attached hydrogen (secondary N) is 1. The molecule has 0 saturated heterocycles. The average molecular weight is 513 g/mol. The van der Waals surface area contributed by atoms with E-state index >= 15 is 0 Å². The maximum Gasteiger partial charge on any atom is 0.0799 e. The van der Waals surface area contributed by atoms with E-state index in [0.29, 0.717) is 18.1 Å². The summed E-state index contributed by atoms with van der Waals surface area (Å²) in [5, 5.41) is 14.2. The van der Waals surface area contributed by atoms with Crippen molar-refractivity contribution in [1.29, 1.82) is 0 Å². The Morgan fingerprint density at radius 1 is 0.605 bits per heavy atom. The smallest absolute Gasteiger partial charge is 0.0799 e. The maximum atomic E-state index is 6.87. The van der Waals surface area contributed by atoms with Crippen molar-refractivity contribution in [3.8, 4) is 0 Å². The van der Waals surface area contributed by atoms with Crippen molar-refractivity contribution >= 4 is 60.4 Å². The minimum Gasteiger partial charge on any atom is -0.383 e. The first-order valence-electron chi connectivity index (χ1n) is 13.0. The maximum absolute atomic E-state index is 6.87. The average Bonchev–Trinajstić information content (AvgIpc) is 2.96. The lowest BCUT2D eigenvalue weighted by molar-refractivity contribution is 0.820. The number of nitrogens with zero attached hydrogens (tertiary/aromatic N) is 1. The lowest BCUT2D eigenvalue weighted by Crippen LogP contribution is -2.14. The van der Waals surface area contributed by atoms with Gasteiger partial charge in [0.1, 0.15) is 0 Å². The molecule has 0 saturated carbocycles. The quantitative estimate of drug-likeness (QED) is 0.174. The summed E-state index contributed by atoms with van der Waals surface area (Å²) in [6.07, 6.45) is 0. The Morgan fingerprint density at radius 2 is 1.00 bits per heavy atom. The predicted molar refractivity (Wildman–Crippen MR) is 165 cm³/mol. The molecule has 0 atom stereocenters.